The first-order chi connectivity index (χ1) is 14.7. The van der Waals surface area contributed by atoms with Gasteiger partial charge in [0, 0.05) is 37.6 Å². The molecule has 8 nitrogen and oxygen atoms in total. The van der Waals surface area contributed by atoms with E-state index in [0.29, 0.717) is 11.4 Å². The Balaban J connectivity index is 1.45. The molecule has 0 saturated carbocycles. The summed E-state index contributed by atoms with van der Waals surface area (Å²) in [6, 6.07) is 10.4. The molecule has 4 aromatic rings. The summed E-state index contributed by atoms with van der Waals surface area (Å²) in [5.41, 5.74) is 3.50. The van der Waals surface area contributed by atoms with Crippen LogP contribution in [0.5, 0.6) is 5.88 Å². The topological polar surface area (TPSA) is 81.9 Å². The van der Waals surface area contributed by atoms with Gasteiger partial charge in [-0.1, -0.05) is 18.2 Å². The first-order valence-corrected chi connectivity index (χ1v) is 10.2. The van der Waals surface area contributed by atoms with E-state index in [1.54, 1.807) is 18.7 Å². The monoisotopic (exact) mass is 401 g/mol. The van der Waals surface area contributed by atoms with Gasteiger partial charge in [-0.3, -0.25) is 0 Å². The molecular formula is C22H23N7O. The van der Waals surface area contributed by atoms with Gasteiger partial charge in [0.1, 0.15) is 24.1 Å². The van der Waals surface area contributed by atoms with Gasteiger partial charge in [0.15, 0.2) is 11.2 Å². The maximum absolute atomic E-state index is 6.31. The maximum Gasteiger partial charge on any atom is 0.245 e. The molecule has 0 N–H and O–H groups in total. The van der Waals surface area contributed by atoms with Crippen molar-refractivity contribution in [2.75, 3.05) is 18.0 Å². The standard InChI is InChI=1S/C22H23N7O/c1-3-29-20(16-11-23-15(2)24-12-16)27-19-21(29)25-14-26-22(19)30-18-9-10-28(13-18)17-7-5-4-6-8-17/h4-8,11-12,14,18H,3,9-10,13H2,1-2H3. The molecule has 3 aromatic heterocycles. The van der Waals surface area contributed by atoms with Crippen LogP contribution in [-0.2, 0) is 6.54 Å². The number of aromatic nitrogens is 6. The number of hydrogen-bond donors (Lipinski definition) is 0. The first-order valence-electron chi connectivity index (χ1n) is 10.2. The summed E-state index contributed by atoms with van der Waals surface area (Å²) in [4.78, 5) is 24.6. The van der Waals surface area contributed by atoms with Gasteiger partial charge in [-0.15, -0.1) is 0 Å². The molecule has 1 aliphatic heterocycles. The smallest absolute Gasteiger partial charge is 0.245 e. The summed E-state index contributed by atoms with van der Waals surface area (Å²) in [6.45, 7) is 6.43. The second-order valence-electron chi connectivity index (χ2n) is 7.36. The number of hydrogen-bond acceptors (Lipinski definition) is 7. The fourth-order valence-corrected chi connectivity index (χ4v) is 3.89. The number of fused-ring (bicyclic) bond motifs is 1. The van der Waals surface area contributed by atoms with Gasteiger partial charge in [-0.2, -0.15) is 4.98 Å². The van der Waals surface area contributed by atoms with Crippen LogP contribution < -0.4 is 9.64 Å². The minimum atomic E-state index is 0.0567. The van der Waals surface area contributed by atoms with Gasteiger partial charge in [0.25, 0.3) is 0 Å². The van der Waals surface area contributed by atoms with Crippen molar-refractivity contribution in [2.24, 2.45) is 0 Å². The molecule has 30 heavy (non-hydrogen) atoms. The average Bonchev–Trinajstić information content (AvgIpc) is 3.40. The summed E-state index contributed by atoms with van der Waals surface area (Å²) in [5, 5.41) is 0. The van der Waals surface area contributed by atoms with E-state index >= 15 is 0 Å². The van der Waals surface area contributed by atoms with E-state index in [9.17, 15) is 0 Å². The van der Waals surface area contributed by atoms with E-state index in [-0.39, 0.29) is 6.10 Å². The fraction of sp³-hybridized carbons (Fsp3) is 0.318. The summed E-state index contributed by atoms with van der Waals surface area (Å²) in [6.07, 6.45) is 6.12. The predicted octanol–water partition coefficient (Wildman–Crippen LogP) is 3.27. The summed E-state index contributed by atoms with van der Waals surface area (Å²) < 4.78 is 8.35. The van der Waals surface area contributed by atoms with Crippen molar-refractivity contribution in [2.45, 2.75) is 32.9 Å². The van der Waals surface area contributed by atoms with Crippen molar-refractivity contribution >= 4 is 16.9 Å². The molecule has 0 aliphatic carbocycles. The Hall–Kier alpha value is -3.55. The van der Waals surface area contributed by atoms with Gasteiger partial charge in [0.05, 0.1) is 12.1 Å². The summed E-state index contributed by atoms with van der Waals surface area (Å²) in [7, 11) is 0. The third-order valence-electron chi connectivity index (χ3n) is 5.40. The number of benzene rings is 1. The van der Waals surface area contributed by atoms with E-state index in [0.717, 1.165) is 48.9 Å². The van der Waals surface area contributed by atoms with Crippen molar-refractivity contribution < 1.29 is 4.74 Å². The average molecular weight is 401 g/mol. The minimum absolute atomic E-state index is 0.0567. The minimum Gasteiger partial charge on any atom is -0.471 e. The lowest BCUT2D eigenvalue weighted by atomic mass is 10.3. The quantitative estimate of drug-likeness (QED) is 0.508. The molecule has 5 rings (SSSR count). The van der Waals surface area contributed by atoms with Crippen LogP contribution in [0.25, 0.3) is 22.6 Å². The van der Waals surface area contributed by atoms with Crippen LogP contribution >= 0.6 is 0 Å². The molecular weight excluding hydrogens is 378 g/mol. The molecule has 0 radical (unpaired) electrons. The number of anilines is 1. The Labute approximate surface area is 174 Å². The van der Waals surface area contributed by atoms with Crippen molar-refractivity contribution in [1.29, 1.82) is 0 Å². The Morgan fingerprint density at radius 2 is 1.87 bits per heavy atom. The number of aryl methyl sites for hydroxylation is 2. The van der Waals surface area contributed by atoms with Gasteiger partial charge in [0.2, 0.25) is 5.88 Å². The van der Waals surface area contributed by atoms with Gasteiger partial charge in [-0.25, -0.2) is 19.9 Å². The molecule has 0 bridgehead atoms. The maximum atomic E-state index is 6.31. The summed E-state index contributed by atoms with van der Waals surface area (Å²) >= 11 is 0. The van der Waals surface area contributed by atoms with Crippen LogP contribution in [0.3, 0.4) is 0 Å². The summed E-state index contributed by atoms with van der Waals surface area (Å²) in [5.74, 6) is 2.03. The number of nitrogens with zero attached hydrogens (tertiary/aromatic N) is 7. The van der Waals surface area contributed by atoms with Crippen LogP contribution in [0.2, 0.25) is 0 Å². The fourth-order valence-electron chi connectivity index (χ4n) is 3.89. The van der Waals surface area contributed by atoms with E-state index < -0.39 is 0 Å². The Kier molecular flexibility index (Phi) is 4.74. The van der Waals surface area contributed by atoms with Crippen LogP contribution in [-0.4, -0.2) is 48.7 Å². The third kappa shape index (κ3) is 3.34. The molecule has 1 saturated heterocycles. The zero-order chi connectivity index (χ0) is 20.5. The highest BCUT2D eigenvalue weighted by atomic mass is 16.5. The SMILES string of the molecule is CCn1c(-c2cnc(C)nc2)nc2c(OC3CCN(c4ccccc4)C3)ncnc21. The molecule has 1 aliphatic rings. The molecule has 1 fully saturated rings. The van der Waals surface area contributed by atoms with Crippen LogP contribution in [0.1, 0.15) is 19.2 Å². The Bertz CT molecular complexity index is 1160. The van der Waals surface area contributed by atoms with Gasteiger partial charge < -0.3 is 14.2 Å². The number of ether oxygens (including phenoxy) is 1. The Morgan fingerprint density at radius 3 is 2.63 bits per heavy atom. The molecule has 1 atom stereocenters. The van der Waals surface area contributed by atoms with E-state index in [1.807, 2.05) is 17.6 Å². The molecule has 8 heteroatoms. The highest BCUT2D eigenvalue weighted by molar-refractivity contribution is 5.81. The lowest BCUT2D eigenvalue weighted by Crippen LogP contribution is -2.24. The second kappa shape index (κ2) is 7.70. The molecule has 152 valence electrons. The van der Waals surface area contributed by atoms with Gasteiger partial charge >= 0.3 is 0 Å². The lowest BCUT2D eigenvalue weighted by molar-refractivity contribution is 0.218. The molecule has 1 aromatic carbocycles. The zero-order valence-electron chi connectivity index (χ0n) is 17.1. The highest BCUT2D eigenvalue weighted by Crippen LogP contribution is 2.29. The highest BCUT2D eigenvalue weighted by Gasteiger charge is 2.26. The van der Waals surface area contributed by atoms with E-state index in [2.05, 4.69) is 56.0 Å². The predicted molar refractivity (Wildman–Crippen MR) is 114 cm³/mol. The van der Waals surface area contributed by atoms with Crippen molar-refractivity contribution in [3.63, 3.8) is 0 Å². The first kappa shape index (κ1) is 18.5. The molecule has 0 amide bonds. The molecule has 1 unspecified atom stereocenters. The van der Waals surface area contributed by atoms with Crippen LogP contribution in [0.15, 0.2) is 49.1 Å². The third-order valence-corrected chi connectivity index (χ3v) is 5.40. The van der Waals surface area contributed by atoms with E-state index in [1.165, 1.54) is 5.69 Å². The largest absolute Gasteiger partial charge is 0.471 e. The second-order valence-corrected chi connectivity index (χ2v) is 7.36. The Morgan fingerprint density at radius 1 is 1.07 bits per heavy atom. The van der Waals surface area contributed by atoms with Crippen LogP contribution in [0, 0.1) is 6.92 Å². The van der Waals surface area contributed by atoms with Crippen LogP contribution in [0.4, 0.5) is 5.69 Å². The van der Waals surface area contributed by atoms with Gasteiger partial charge in [-0.05, 0) is 26.0 Å². The zero-order valence-corrected chi connectivity index (χ0v) is 17.1. The number of para-hydroxylation sites is 1. The normalized spacial score (nSPS) is 16.3. The lowest BCUT2D eigenvalue weighted by Gasteiger charge is -2.18. The van der Waals surface area contributed by atoms with Crippen molar-refractivity contribution in [3.8, 4) is 17.3 Å². The molecule has 4 heterocycles. The number of imidazole rings is 1. The molecule has 0 spiro atoms. The van der Waals surface area contributed by atoms with E-state index in [4.69, 9.17) is 9.72 Å². The number of rotatable bonds is 5. The van der Waals surface area contributed by atoms with Crippen molar-refractivity contribution in [1.82, 2.24) is 29.5 Å². The van der Waals surface area contributed by atoms with Crippen molar-refractivity contribution in [3.05, 3.63) is 54.9 Å².